The minimum Gasteiger partial charge on any atom is -0.382 e. The lowest BCUT2D eigenvalue weighted by Gasteiger charge is -2.25. The smallest absolute Gasteiger partial charge is 0.198 e. The lowest BCUT2D eigenvalue weighted by molar-refractivity contribution is 0.397. The van der Waals surface area contributed by atoms with Gasteiger partial charge in [-0.25, -0.2) is 26.5 Å². The van der Waals surface area contributed by atoms with Crippen LogP contribution in [0.4, 0.5) is 11.6 Å². The number of para-hydroxylation sites is 1. The monoisotopic (exact) mass is 525 g/mol. The summed E-state index contributed by atoms with van der Waals surface area (Å²) in [5, 5.41) is 4.05. The molecule has 186 valence electrons. The number of imidazole rings is 1. The quantitative estimate of drug-likeness (QED) is 0.0444. The Bertz CT molecular complexity index is 1120. The van der Waals surface area contributed by atoms with Crippen LogP contribution < -0.4 is 43.5 Å². The molecular weight excluding hydrogens is 494 g/mol. The first kappa shape index (κ1) is 27.9. The predicted octanol–water partition coefficient (Wildman–Crippen LogP) is 1.23. The van der Waals surface area contributed by atoms with Crippen molar-refractivity contribution >= 4 is 66.2 Å². The average molecular weight is 526 g/mol. The van der Waals surface area contributed by atoms with Crippen LogP contribution in [-0.2, 0) is 4.28 Å². The summed E-state index contributed by atoms with van der Waals surface area (Å²) < 4.78 is 9.98. The van der Waals surface area contributed by atoms with E-state index in [1.807, 2.05) is 30.3 Å². The molecule has 0 saturated heterocycles. The number of fused-ring (bicyclic) bond motifs is 1. The molecule has 1 unspecified atom stereocenters. The van der Waals surface area contributed by atoms with E-state index >= 15 is 0 Å². The second kappa shape index (κ2) is 12.9. The topological polar surface area (TPSA) is 208 Å². The Balaban J connectivity index is 0.00000408. The molecule has 0 radical (unpaired) electrons. The first-order valence-electron chi connectivity index (χ1n) is 10.0. The van der Waals surface area contributed by atoms with Gasteiger partial charge in [-0.05, 0) is 36.1 Å². The van der Waals surface area contributed by atoms with Crippen LogP contribution in [0.1, 0.15) is 18.9 Å². The van der Waals surface area contributed by atoms with E-state index in [0.29, 0.717) is 29.3 Å². The normalized spacial score (nSPS) is 12.4. The third-order valence-electron chi connectivity index (χ3n) is 4.99. The zero-order valence-corrected chi connectivity index (χ0v) is 21.5. The number of H-pyrrole nitrogens is 1. The van der Waals surface area contributed by atoms with Crippen LogP contribution in [0.3, 0.4) is 0 Å². The molecule has 15 heteroatoms. The molecule has 34 heavy (non-hydrogen) atoms. The summed E-state index contributed by atoms with van der Waals surface area (Å²) in [5.41, 5.74) is 24.9. The van der Waals surface area contributed by atoms with Gasteiger partial charge >= 0.3 is 0 Å². The van der Waals surface area contributed by atoms with Gasteiger partial charge in [-0.3, -0.25) is 9.03 Å². The summed E-state index contributed by atoms with van der Waals surface area (Å²) >= 11 is 2.38. The number of amidine groups is 1. The Hall–Kier alpha value is -2.37. The van der Waals surface area contributed by atoms with Crippen molar-refractivity contribution in [3.05, 3.63) is 35.9 Å². The van der Waals surface area contributed by atoms with E-state index in [-0.39, 0.29) is 25.4 Å². The molecule has 0 saturated carbocycles. The highest BCUT2D eigenvalue weighted by molar-refractivity contribution is 7.98. The number of benzene rings is 2. The largest absolute Gasteiger partial charge is 0.382 e. The van der Waals surface area contributed by atoms with Gasteiger partial charge < -0.3 is 22.2 Å². The third kappa shape index (κ3) is 6.00. The number of nitrogens with zero attached hydrogens (tertiary/aromatic N) is 3. The molecular formula is C19H31N11OS3. The second-order valence-corrected chi connectivity index (χ2v) is 8.78. The molecule has 0 aliphatic rings. The number of hydrogen-bond donors (Lipinski definition) is 8. The van der Waals surface area contributed by atoms with Gasteiger partial charge in [0.1, 0.15) is 12.2 Å². The number of rotatable bonds is 11. The fourth-order valence-corrected chi connectivity index (χ4v) is 4.87. The first-order valence-corrected chi connectivity index (χ1v) is 11.6. The van der Waals surface area contributed by atoms with Crippen molar-refractivity contribution in [2.24, 2.45) is 28.3 Å². The zero-order chi connectivity index (χ0) is 24.0. The number of aromatic nitrogens is 2. The Morgan fingerprint density at radius 3 is 2.71 bits per heavy atom. The minimum absolute atomic E-state index is 0. The Kier molecular flexibility index (Phi) is 10.6. The van der Waals surface area contributed by atoms with Crippen LogP contribution in [0.2, 0.25) is 0 Å². The van der Waals surface area contributed by atoms with Gasteiger partial charge in [-0.2, -0.15) is 13.5 Å². The number of hydrogen-bond acceptors (Lipinski definition) is 12. The Labute approximate surface area is 213 Å². The van der Waals surface area contributed by atoms with Crippen molar-refractivity contribution in [3.8, 4) is 11.1 Å². The average Bonchev–Trinajstić information content (AvgIpc) is 3.19. The summed E-state index contributed by atoms with van der Waals surface area (Å²) in [6.07, 6.45) is 0.879. The summed E-state index contributed by atoms with van der Waals surface area (Å²) in [4.78, 5) is 8.37. The van der Waals surface area contributed by atoms with E-state index in [0.717, 1.165) is 40.2 Å². The molecule has 0 fully saturated rings. The van der Waals surface area contributed by atoms with E-state index in [9.17, 15) is 0 Å². The predicted molar refractivity (Wildman–Crippen MR) is 148 cm³/mol. The SMILES string of the molecule is CCC(CN)NSc1ccc(-c2cccc3[nH]c(N)nc23)c(/C(N)=N/NN)c1N(C)SON.S. The fourth-order valence-electron chi connectivity index (χ4n) is 3.39. The molecule has 3 aromatic rings. The maximum Gasteiger partial charge on any atom is 0.198 e. The van der Waals surface area contributed by atoms with Gasteiger partial charge in [0.15, 0.2) is 11.8 Å². The number of nitrogens with one attached hydrogen (secondary N) is 3. The van der Waals surface area contributed by atoms with Gasteiger partial charge in [0.25, 0.3) is 0 Å². The van der Waals surface area contributed by atoms with E-state index in [4.69, 9.17) is 33.2 Å². The molecule has 1 heterocycles. The lowest BCUT2D eigenvalue weighted by atomic mass is 9.96. The molecule has 1 atom stereocenters. The molecule has 12 nitrogen and oxygen atoms in total. The van der Waals surface area contributed by atoms with Crippen LogP contribution in [0.15, 0.2) is 40.3 Å². The van der Waals surface area contributed by atoms with Crippen molar-refractivity contribution in [1.82, 2.24) is 20.2 Å². The number of aromatic amines is 1. The van der Waals surface area contributed by atoms with Crippen LogP contribution >= 0.6 is 37.7 Å². The maximum absolute atomic E-state index is 6.40. The van der Waals surface area contributed by atoms with Gasteiger partial charge in [0.2, 0.25) is 0 Å². The molecule has 3 rings (SSSR count). The van der Waals surface area contributed by atoms with Crippen molar-refractivity contribution < 1.29 is 4.28 Å². The van der Waals surface area contributed by atoms with Gasteiger partial charge in [-0.15, -0.1) is 5.10 Å². The highest BCUT2D eigenvalue weighted by atomic mass is 32.2. The molecule has 0 aliphatic carbocycles. The molecule has 0 amide bonds. The Morgan fingerprint density at radius 1 is 1.29 bits per heavy atom. The summed E-state index contributed by atoms with van der Waals surface area (Å²) in [6.45, 7) is 2.57. The fraction of sp³-hybridized carbons (Fsp3) is 0.263. The standard InChI is InChI=1S/C19H29N11OS2.H2S/c1-3-10(9-20)28-32-14-8-7-11(12-5-4-6-13-16(12)26-19(22)25-13)15(18(21)27-29-23)17(14)30(2)33-31-24;/h4-8,10,28-29H,3,9,20,23-24H2,1-2H3,(H2,21,27)(H3,22,25,26);1H2. The van der Waals surface area contributed by atoms with Crippen molar-refractivity contribution in [3.63, 3.8) is 0 Å². The number of hydrazine groups is 1. The molecule has 2 aromatic carbocycles. The first-order chi connectivity index (χ1) is 15.9. The molecule has 0 aliphatic heterocycles. The van der Waals surface area contributed by atoms with Crippen molar-refractivity contribution in [2.75, 3.05) is 23.6 Å². The van der Waals surface area contributed by atoms with E-state index < -0.39 is 0 Å². The summed E-state index contributed by atoms with van der Waals surface area (Å²) in [7, 11) is 1.81. The van der Waals surface area contributed by atoms with Crippen LogP contribution in [0.25, 0.3) is 22.2 Å². The van der Waals surface area contributed by atoms with Crippen LogP contribution in [-0.4, -0.2) is 35.4 Å². The molecule has 0 spiro atoms. The van der Waals surface area contributed by atoms with Crippen LogP contribution in [0, 0.1) is 0 Å². The lowest BCUT2D eigenvalue weighted by Crippen LogP contribution is -2.31. The summed E-state index contributed by atoms with van der Waals surface area (Å²) in [5.74, 6) is 11.3. The zero-order valence-electron chi connectivity index (χ0n) is 18.8. The van der Waals surface area contributed by atoms with Gasteiger partial charge in [0, 0.05) is 30.1 Å². The number of nitrogen functional groups attached to an aromatic ring is 1. The number of anilines is 2. The van der Waals surface area contributed by atoms with Gasteiger partial charge in [-0.1, -0.05) is 25.1 Å². The molecule has 1 aromatic heterocycles. The third-order valence-corrected chi connectivity index (χ3v) is 6.48. The van der Waals surface area contributed by atoms with Crippen LogP contribution in [0.5, 0.6) is 0 Å². The second-order valence-electron chi connectivity index (χ2n) is 7.01. The minimum atomic E-state index is 0. The number of hydrazone groups is 1. The molecule has 0 bridgehead atoms. The molecule has 13 N–H and O–H groups in total. The maximum atomic E-state index is 6.40. The van der Waals surface area contributed by atoms with Crippen molar-refractivity contribution in [1.29, 1.82) is 0 Å². The number of nitrogens with two attached hydrogens (primary N) is 5. The highest BCUT2D eigenvalue weighted by Crippen LogP contribution is 2.41. The van der Waals surface area contributed by atoms with Crippen molar-refractivity contribution in [2.45, 2.75) is 24.3 Å². The van der Waals surface area contributed by atoms with E-state index in [2.05, 4.69) is 32.2 Å². The van der Waals surface area contributed by atoms with E-state index in [1.54, 1.807) is 11.4 Å². The van der Waals surface area contributed by atoms with E-state index in [1.165, 1.54) is 11.9 Å². The summed E-state index contributed by atoms with van der Waals surface area (Å²) in [6, 6.07) is 9.80. The van der Waals surface area contributed by atoms with Gasteiger partial charge in [0.05, 0.1) is 22.3 Å². The Morgan fingerprint density at radius 2 is 2.06 bits per heavy atom. The highest BCUT2D eigenvalue weighted by Gasteiger charge is 2.24.